The van der Waals surface area contributed by atoms with Crippen LogP contribution >= 0.6 is 0 Å². The molecule has 0 amide bonds. The molecule has 14 heteroatoms. The summed E-state index contributed by atoms with van der Waals surface area (Å²) in [5.74, 6) is 0.251. The third-order valence-corrected chi connectivity index (χ3v) is 5.94. The van der Waals surface area contributed by atoms with Crippen LogP contribution in [-0.4, -0.2) is 133 Å². The van der Waals surface area contributed by atoms with Gasteiger partial charge in [0.2, 0.25) is 5.75 Å². The van der Waals surface area contributed by atoms with Crippen molar-refractivity contribution in [2.75, 3.05) is 127 Å². The van der Waals surface area contributed by atoms with Crippen LogP contribution in [0.15, 0.2) is 42.5 Å². The van der Waals surface area contributed by atoms with Gasteiger partial charge in [-0.15, -0.1) is 0 Å². The molecule has 0 fully saturated rings. The van der Waals surface area contributed by atoms with Gasteiger partial charge in [0.25, 0.3) is 0 Å². The summed E-state index contributed by atoms with van der Waals surface area (Å²) in [6.45, 7) is 5.84. The molecule has 0 aromatic heterocycles. The second-order valence-electron chi connectivity index (χ2n) is 9.46. The Kier molecular flexibility index (Phi) is 23.9. The van der Waals surface area contributed by atoms with Crippen LogP contribution in [-0.2, 0) is 54.3 Å². The quantitative estimate of drug-likeness (QED) is 0.0503. The zero-order chi connectivity index (χ0) is 33.6. The number of esters is 1. The van der Waals surface area contributed by atoms with E-state index < -0.39 is 5.97 Å². The highest BCUT2D eigenvalue weighted by molar-refractivity contribution is 5.91. The number of ether oxygens (including phenoxy) is 11. The number of methoxy groups -OCH3 is 3. The van der Waals surface area contributed by atoms with Crippen molar-refractivity contribution in [3.05, 3.63) is 53.6 Å². The van der Waals surface area contributed by atoms with Crippen molar-refractivity contribution < 1.29 is 66.7 Å². The van der Waals surface area contributed by atoms with Gasteiger partial charge in [-0.3, -0.25) is 0 Å². The molecule has 47 heavy (non-hydrogen) atoms. The Morgan fingerprint density at radius 1 is 0.511 bits per heavy atom. The Morgan fingerprint density at radius 2 is 0.957 bits per heavy atom. The lowest BCUT2D eigenvalue weighted by Gasteiger charge is -2.18. The molecule has 0 N–H and O–H groups in total. The molecule has 14 nitrogen and oxygen atoms in total. The van der Waals surface area contributed by atoms with Crippen molar-refractivity contribution >= 4 is 5.97 Å². The van der Waals surface area contributed by atoms with Crippen molar-refractivity contribution in [1.82, 2.24) is 0 Å². The summed E-state index contributed by atoms with van der Waals surface area (Å²) in [4.78, 5) is 22.9. The summed E-state index contributed by atoms with van der Waals surface area (Å²) in [5.41, 5.74) is 1.30. The van der Waals surface area contributed by atoms with Crippen LogP contribution in [0, 0.1) is 0 Å². The molecule has 0 heterocycles. The fraction of sp³-hybridized carbons (Fsp3) is 0.606. The number of carbonyl (C=O) groups excluding carboxylic acids is 1. The van der Waals surface area contributed by atoms with Crippen LogP contribution in [0.4, 0.5) is 0 Å². The van der Waals surface area contributed by atoms with E-state index in [4.69, 9.17) is 61.9 Å². The second-order valence-corrected chi connectivity index (χ2v) is 9.46. The van der Waals surface area contributed by atoms with Gasteiger partial charge in [-0.1, -0.05) is 30.3 Å². The summed E-state index contributed by atoms with van der Waals surface area (Å²) in [6.07, 6.45) is 0. The van der Waals surface area contributed by atoms with E-state index in [0.29, 0.717) is 66.1 Å². The summed E-state index contributed by atoms with van der Waals surface area (Å²) >= 11 is 0. The highest BCUT2D eigenvalue weighted by Crippen LogP contribution is 2.39. The number of benzene rings is 2. The first-order valence-electron chi connectivity index (χ1n) is 15.5. The van der Waals surface area contributed by atoms with Crippen molar-refractivity contribution in [3.63, 3.8) is 0 Å². The standard InChI is InChI=1S/C33H50O14/c1-35-9-11-38-13-15-40-17-20-43-30-25-29(33(34)37-3)26-31(44-21-18-41-16-14-39-12-10-36-2)32(30)45-22-24-47-46-23-19-42-27-28-7-5-4-6-8-28/h4-8,25-26H,9-24,27H2,1-3H3. The van der Waals surface area contributed by atoms with E-state index in [0.717, 1.165) is 5.56 Å². The van der Waals surface area contributed by atoms with Gasteiger partial charge in [0.1, 0.15) is 33.0 Å². The van der Waals surface area contributed by atoms with Crippen LogP contribution in [0.3, 0.4) is 0 Å². The van der Waals surface area contributed by atoms with E-state index in [1.807, 2.05) is 30.3 Å². The molecule has 0 radical (unpaired) electrons. The molecule has 0 unspecified atom stereocenters. The molecule has 266 valence electrons. The van der Waals surface area contributed by atoms with Gasteiger partial charge in [0.05, 0.1) is 92.0 Å². The first-order valence-corrected chi connectivity index (χ1v) is 15.5. The molecule has 2 rings (SSSR count). The van der Waals surface area contributed by atoms with E-state index in [9.17, 15) is 4.79 Å². The molecule has 0 saturated heterocycles. The Balaban J connectivity index is 1.90. The zero-order valence-corrected chi connectivity index (χ0v) is 27.8. The Bertz CT molecular complexity index is 996. The molecule has 2 aromatic carbocycles. The van der Waals surface area contributed by atoms with Crippen molar-refractivity contribution in [3.8, 4) is 17.2 Å². The van der Waals surface area contributed by atoms with Crippen molar-refractivity contribution in [2.24, 2.45) is 0 Å². The average Bonchev–Trinajstić information content (AvgIpc) is 3.10. The second kappa shape index (κ2) is 28.0. The highest BCUT2D eigenvalue weighted by Gasteiger charge is 2.19. The van der Waals surface area contributed by atoms with Gasteiger partial charge < -0.3 is 52.1 Å². The van der Waals surface area contributed by atoms with E-state index >= 15 is 0 Å². The van der Waals surface area contributed by atoms with E-state index in [2.05, 4.69) is 0 Å². The minimum absolute atomic E-state index is 0.0970. The third kappa shape index (κ3) is 19.4. The van der Waals surface area contributed by atoms with Crippen LogP contribution in [0.5, 0.6) is 17.2 Å². The lowest BCUT2D eigenvalue weighted by atomic mass is 10.2. The van der Waals surface area contributed by atoms with Gasteiger partial charge in [-0.25, -0.2) is 14.6 Å². The topological polar surface area (TPSA) is 137 Å². The van der Waals surface area contributed by atoms with Gasteiger partial charge in [-0.05, 0) is 17.7 Å². The molecular formula is C33H50O14. The zero-order valence-electron chi connectivity index (χ0n) is 27.8. The summed E-state index contributed by atoms with van der Waals surface area (Å²) in [6, 6.07) is 12.9. The normalized spacial score (nSPS) is 11.0. The molecule has 0 spiro atoms. The minimum atomic E-state index is -0.564. The monoisotopic (exact) mass is 670 g/mol. The predicted octanol–water partition coefficient (Wildman–Crippen LogP) is 3.13. The molecule has 0 saturated carbocycles. The Hall–Kier alpha value is -3.05. The molecule has 0 atom stereocenters. The maximum Gasteiger partial charge on any atom is 0.338 e. The fourth-order valence-electron chi connectivity index (χ4n) is 3.67. The smallest absolute Gasteiger partial charge is 0.338 e. The first-order chi connectivity index (χ1) is 23.2. The summed E-state index contributed by atoms with van der Waals surface area (Å²) < 4.78 is 60.3. The summed E-state index contributed by atoms with van der Waals surface area (Å²) in [5, 5.41) is 0. The molecule has 0 bridgehead atoms. The lowest BCUT2D eigenvalue weighted by Crippen LogP contribution is -2.16. The van der Waals surface area contributed by atoms with Crippen molar-refractivity contribution in [2.45, 2.75) is 6.61 Å². The van der Waals surface area contributed by atoms with Gasteiger partial charge in [0.15, 0.2) is 11.5 Å². The van der Waals surface area contributed by atoms with E-state index in [-0.39, 0.29) is 69.1 Å². The number of hydrogen-bond donors (Lipinski definition) is 0. The molecule has 0 aliphatic rings. The molecule has 0 aliphatic heterocycles. The van der Waals surface area contributed by atoms with Gasteiger partial charge in [-0.2, -0.15) is 0 Å². The van der Waals surface area contributed by atoms with Gasteiger partial charge in [0, 0.05) is 14.2 Å². The van der Waals surface area contributed by atoms with Crippen LogP contribution < -0.4 is 14.2 Å². The van der Waals surface area contributed by atoms with Crippen LogP contribution in [0.25, 0.3) is 0 Å². The Labute approximate surface area is 277 Å². The fourth-order valence-corrected chi connectivity index (χ4v) is 3.67. The maximum absolute atomic E-state index is 12.4. The first kappa shape index (κ1) is 40.1. The number of carbonyl (C=O) groups is 1. The molecule has 0 aliphatic carbocycles. The minimum Gasteiger partial charge on any atom is -0.487 e. The van der Waals surface area contributed by atoms with Crippen molar-refractivity contribution in [1.29, 1.82) is 0 Å². The Morgan fingerprint density at radius 3 is 1.47 bits per heavy atom. The maximum atomic E-state index is 12.4. The van der Waals surface area contributed by atoms with E-state index in [1.54, 1.807) is 14.2 Å². The average molecular weight is 671 g/mol. The largest absolute Gasteiger partial charge is 0.487 e. The number of hydrogen-bond acceptors (Lipinski definition) is 14. The number of rotatable bonds is 31. The van der Waals surface area contributed by atoms with E-state index in [1.165, 1.54) is 19.2 Å². The molecule has 2 aromatic rings. The SMILES string of the molecule is COCCOCCOCCOc1cc(C(=O)OC)cc(OCCOCCOCCOC)c1OCCOOCCOCc1ccccc1. The lowest BCUT2D eigenvalue weighted by molar-refractivity contribution is -0.301. The third-order valence-electron chi connectivity index (χ3n) is 5.94. The summed E-state index contributed by atoms with van der Waals surface area (Å²) in [7, 11) is 4.52. The van der Waals surface area contributed by atoms with Crippen LogP contribution in [0.1, 0.15) is 15.9 Å². The predicted molar refractivity (Wildman–Crippen MR) is 169 cm³/mol. The van der Waals surface area contributed by atoms with Gasteiger partial charge >= 0.3 is 5.97 Å². The molecular weight excluding hydrogens is 620 g/mol. The highest BCUT2D eigenvalue weighted by atomic mass is 17.2. The van der Waals surface area contributed by atoms with Crippen LogP contribution in [0.2, 0.25) is 0 Å².